The van der Waals surface area contributed by atoms with Crippen molar-refractivity contribution in [3.63, 3.8) is 0 Å². The summed E-state index contributed by atoms with van der Waals surface area (Å²) in [5.74, 6) is 0.434. The number of nitrogens with zero attached hydrogens (tertiary/aromatic N) is 1. The predicted molar refractivity (Wildman–Crippen MR) is 60.6 cm³/mol. The molecule has 2 aliphatic heterocycles. The van der Waals surface area contributed by atoms with Crippen molar-refractivity contribution in [3.8, 4) is 5.75 Å². The van der Waals surface area contributed by atoms with Crippen molar-refractivity contribution in [2.24, 2.45) is 0 Å². The van der Waals surface area contributed by atoms with Crippen LogP contribution >= 0.6 is 0 Å². The number of amides is 1. The molecule has 3 rings (SSSR count). The van der Waals surface area contributed by atoms with Crippen molar-refractivity contribution < 1.29 is 9.90 Å². The SMILES string of the molecule is O=C1NCCN2c3ccc(O)cc3CCC12. The van der Waals surface area contributed by atoms with Crippen LogP contribution < -0.4 is 10.2 Å². The first-order valence-corrected chi connectivity index (χ1v) is 5.62. The van der Waals surface area contributed by atoms with E-state index in [0.29, 0.717) is 12.3 Å². The Kier molecular flexibility index (Phi) is 2.02. The van der Waals surface area contributed by atoms with Gasteiger partial charge in [0.05, 0.1) is 0 Å². The monoisotopic (exact) mass is 218 g/mol. The molecule has 1 atom stereocenters. The number of hydrogen-bond acceptors (Lipinski definition) is 3. The number of anilines is 1. The van der Waals surface area contributed by atoms with Gasteiger partial charge in [0.2, 0.25) is 5.91 Å². The maximum absolute atomic E-state index is 11.7. The van der Waals surface area contributed by atoms with Crippen LogP contribution in [0.1, 0.15) is 12.0 Å². The lowest BCUT2D eigenvalue weighted by Gasteiger charge is -2.41. The molecule has 1 unspecified atom stereocenters. The summed E-state index contributed by atoms with van der Waals surface area (Å²) in [4.78, 5) is 13.9. The quantitative estimate of drug-likeness (QED) is 0.672. The molecule has 0 spiro atoms. The largest absolute Gasteiger partial charge is 0.508 e. The number of benzene rings is 1. The number of carbonyl (C=O) groups excluding carboxylic acids is 1. The number of aromatic hydroxyl groups is 1. The summed E-state index contributed by atoms with van der Waals surface area (Å²) in [6.45, 7) is 1.56. The van der Waals surface area contributed by atoms with Crippen LogP contribution in [0.5, 0.6) is 5.75 Å². The van der Waals surface area contributed by atoms with Gasteiger partial charge in [0.25, 0.3) is 0 Å². The van der Waals surface area contributed by atoms with E-state index in [1.54, 1.807) is 12.1 Å². The van der Waals surface area contributed by atoms with Crippen LogP contribution in [0, 0.1) is 0 Å². The smallest absolute Gasteiger partial charge is 0.242 e. The van der Waals surface area contributed by atoms with Crippen molar-refractivity contribution in [1.82, 2.24) is 5.32 Å². The molecule has 0 aliphatic carbocycles. The molecule has 4 nitrogen and oxygen atoms in total. The zero-order valence-corrected chi connectivity index (χ0v) is 8.94. The number of fused-ring (bicyclic) bond motifs is 3. The Morgan fingerprint density at radius 1 is 1.44 bits per heavy atom. The second kappa shape index (κ2) is 3.40. The minimum atomic E-state index is -0.0224. The number of piperazine rings is 1. The Labute approximate surface area is 93.9 Å². The minimum Gasteiger partial charge on any atom is -0.508 e. The van der Waals surface area contributed by atoms with Crippen molar-refractivity contribution in [2.45, 2.75) is 18.9 Å². The second-order valence-electron chi connectivity index (χ2n) is 4.35. The molecule has 1 aromatic carbocycles. The van der Waals surface area contributed by atoms with Crippen LogP contribution in [0.25, 0.3) is 0 Å². The van der Waals surface area contributed by atoms with E-state index in [0.717, 1.165) is 30.6 Å². The van der Waals surface area contributed by atoms with E-state index in [1.165, 1.54) is 0 Å². The number of nitrogens with one attached hydrogen (secondary N) is 1. The summed E-state index contributed by atoms with van der Waals surface area (Å²) in [6, 6.07) is 5.38. The van der Waals surface area contributed by atoms with Crippen molar-refractivity contribution in [2.75, 3.05) is 18.0 Å². The van der Waals surface area contributed by atoms with E-state index in [-0.39, 0.29) is 11.9 Å². The summed E-state index contributed by atoms with van der Waals surface area (Å²) in [6.07, 6.45) is 1.70. The highest BCUT2D eigenvalue weighted by Crippen LogP contribution is 2.33. The molecular weight excluding hydrogens is 204 g/mol. The van der Waals surface area contributed by atoms with Crippen molar-refractivity contribution >= 4 is 11.6 Å². The molecule has 2 aliphatic rings. The molecular formula is C12H14N2O2. The van der Waals surface area contributed by atoms with Gasteiger partial charge in [-0.2, -0.15) is 0 Å². The fourth-order valence-electron chi connectivity index (χ4n) is 2.63. The van der Waals surface area contributed by atoms with Gasteiger partial charge in [0, 0.05) is 18.8 Å². The Morgan fingerprint density at radius 2 is 2.31 bits per heavy atom. The molecule has 1 amide bonds. The normalized spacial score (nSPS) is 23.4. The summed E-state index contributed by atoms with van der Waals surface area (Å²) < 4.78 is 0. The van der Waals surface area contributed by atoms with Crippen molar-refractivity contribution in [1.29, 1.82) is 0 Å². The van der Waals surface area contributed by atoms with Crippen LogP contribution in [0.4, 0.5) is 5.69 Å². The number of hydrogen-bond donors (Lipinski definition) is 2. The average Bonchev–Trinajstić information content (AvgIpc) is 2.28. The summed E-state index contributed by atoms with van der Waals surface area (Å²) in [5.41, 5.74) is 2.25. The van der Waals surface area contributed by atoms with Crippen LogP contribution in [0.15, 0.2) is 18.2 Å². The van der Waals surface area contributed by atoms with E-state index in [4.69, 9.17) is 0 Å². The minimum absolute atomic E-state index is 0.0224. The number of carbonyl (C=O) groups is 1. The maximum Gasteiger partial charge on any atom is 0.242 e. The third-order valence-corrected chi connectivity index (χ3v) is 3.39. The first kappa shape index (κ1) is 9.51. The summed E-state index contributed by atoms with van der Waals surface area (Å²) in [7, 11) is 0. The molecule has 2 N–H and O–H groups in total. The molecule has 84 valence electrons. The van der Waals surface area contributed by atoms with E-state index in [2.05, 4.69) is 10.2 Å². The molecule has 1 fully saturated rings. The summed E-state index contributed by atoms with van der Waals surface area (Å²) >= 11 is 0. The zero-order valence-electron chi connectivity index (χ0n) is 8.94. The van der Waals surface area contributed by atoms with E-state index in [9.17, 15) is 9.90 Å². The fraction of sp³-hybridized carbons (Fsp3) is 0.417. The molecule has 1 aromatic rings. The van der Waals surface area contributed by atoms with Gasteiger partial charge in [-0.1, -0.05) is 0 Å². The predicted octanol–water partition coefficient (Wildman–Crippen LogP) is 0.643. The van der Waals surface area contributed by atoms with Gasteiger partial charge in [-0.15, -0.1) is 0 Å². The Hall–Kier alpha value is -1.71. The lowest BCUT2D eigenvalue weighted by atomic mass is 9.94. The van der Waals surface area contributed by atoms with E-state index < -0.39 is 0 Å². The Bertz CT molecular complexity index is 445. The number of rotatable bonds is 0. The highest BCUT2D eigenvalue weighted by atomic mass is 16.3. The average molecular weight is 218 g/mol. The van der Waals surface area contributed by atoms with E-state index in [1.807, 2.05) is 6.07 Å². The van der Waals surface area contributed by atoms with E-state index >= 15 is 0 Å². The van der Waals surface area contributed by atoms with Crippen LogP contribution in [0.2, 0.25) is 0 Å². The van der Waals surface area contributed by atoms with Crippen molar-refractivity contribution in [3.05, 3.63) is 23.8 Å². The highest BCUT2D eigenvalue weighted by Gasteiger charge is 2.33. The summed E-state index contributed by atoms with van der Waals surface area (Å²) in [5, 5.41) is 12.3. The molecule has 1 saturated heterocycles. The highest BCUT2D eigenvalue weighted by molar-refractivity contribution is 5.87. The standard InChI is InChI=1S/C12H14N2O2/c15-9-2-4-10-8(7-9)1-3-11-12(16)13-5-6-14(10)11/h2,4,7,11,15H,1,3,5-6H2,(H,13,16). The molecule has 0 bridgehead atoms. The second-order valence-corrected chi connectivity index (χ2v) is 4.35. The Morgan fingerprint density at radius 3 is 3.19 bits per heavy atom. The molecule has 0 saturated carbocycles. The molecule has 4 heteroatoms. The van der Waals surface area contributed by atoms with Gasteiger partial charge in [-0.3, -0.25) is 4.79 Å². The number of phenolic OH excluding ortho intramolecular Hbond substituents is 1. The first-order valence-electron chi connectivity index (χ1n) is 5.62. The molecule has 0 aromatic heterocycles. The third kappa shape index (κ3) is 1.33. The van der Waals surface area contributed by atoms with Gasteiger partial charge in [0.1, 0.15) is 11.8 Å². The van der Waals surface area contributed by atoms with Gasteiger partial charge in [-0.25, -0.2) is 0 Å². The molecule has 16 heavy (non-hydrogen) atoms. The van der Waals surface area contributed by atoms with Gasteiger partial charge >= 0.3 is 0 Å². The number of aryl methyl sites for hydroxylation is 1. The van der Waals surface area contributed by atoms with Crippen LogP contribution in [-0.4, -0.2) is 30.1 Å². The first-order chi connectivity index (χ1) is 7.75. The van der Waals surface area contributed by atoms with Gasteiger partial charge in [-0.05, 0) is 36.6 Å². The number of phenols is 1. The lowest BCUT2D eigenvalue weighted by Crippen LogP contribution is -2.57. The van der Waals surface area contributed by atoms with Crippen LogP contribution in [-0.2, 0) is 11.2 Å². The topological polar surface area (TPSA) is 52.6 Å². The lowest BCUT2D eigenvalue weighted by molar-refractivity contribution is -0.123. The van der Waals surface area contributed by atoms with Crippen LogP contribution in [0.3, 0.4) is 0 Å². The molecule has 2 heterocycles. The van der Waals surface area contributed by atoms with Gasteiger partial charge in [0.15, 0.2) is 0 Å². The molecule has 0 radical (unpaired) electrons. The maximum atomic E-state index is 11.7. The fourth-order valence-corrected chi connectivity index (χ4v) is 2.63. The Balaban J connectivity index is 2.02. The third-order valence-electron chi connectivity index (χ3n) is 3.39. The zero-order chi connectivity index (χ0) is 11.1. The van der Waals surface area contributed by atoms with Gasteiger partial charge < -0.3 is 15.3 Å².